The molecule has 1 heterocycles. The third kappa shape index (κ3) is 4.64. The summed E-state index contributed by atoms with van der Waals surface area (Å²) < 4.78 is 5.20. The maximum absolute atomic E-state index is 13.4. The van der Waals surface area contributed by atoms with E-state index in [1.54, 1.807) is 0 Å². The van der Waals surface area contributed by atoms with Crippen molar-refractivity contribution in [1.82, 2.24) is 10.3 Å². The van der Waals surface area contributed by atoms with Crippen molar-refractivity contribution in [3.8, 4) is 0 Å². The molecular weight excluding hydrogens is 462 g/mol. The lowest BCUT2D eigenvalue weighted by molar-refractivity contribution is -0.142. The molecule has 2 saturated carbocycles. The summed E-state index contributed by atoms with van der Waals surface area (Å²) in [5.41, 5.74) is 4.56. The SMILES string of the molecule is O=C(NN=C1C[C@@H](O)[C@@H](O)[C@@H]2[C@@H]3C(=O)N(Cc4ccccc4)C(=O)[C@@H]3CC[C@H]12)OCc1ccccc1. The average molecular weight is 492 g/mol. The number of benzene rings is 2. The second-order valence-electron chi connectivity index (χ2n) is 9.68. The van der Waals surface area contributed by atoms with Gasteiger partial charge in [0.05, 0.1) is 30.6 Å². The molecule has 5 rings (SSSR count). The van der Waals surface area contributed by atoms with Gasteiger partial charge in [0.15, 0.2) is 0 Å². The second kappa shape index (κ2) is 10.2. The summed E-state index contributed by atoms with van der Waals surface area (Å²) in [6.07, 6.45) is -2.00. The fourth-order valence-corrected chi connectivity index (χ4v) is 5.86. The first kappa shape index (κ1) is 24.1. The third-order valence-corrected chi connectivity index (χ3v) is 7.56. The Balaban J connectivity index is 1.31. The fourth-order valence-electron chi connectivity index (χ4n) is 5.86. The Bertz CT molecular complexity index is 1150. The first-order valence-corrected chi connectivity index (χ1v) is 12.2. The Morgan fingerprint density at radius 1 is 0.944 bits per heavy atom. The molecule has 0 spiro atoms. The zero-order valence-corrected chi connectivity index (χ0v) is 19.7. The Morgan fingerprint density at radius 2 is 1.58 bits per heavy atom. The van der Waals surface area contributed by atoms with E-state index in [2.05, 4.69) is 10.5 Å². The van der Waals surface area contributed by atoms with Gasteiger partial charge in [-0.15, -0.1) is 0 Å². The summed E-state index contributed by atoms with van der Waals surface area (Å²) in [5.74, 6) is -2.84. The highest BCUT2D eigenvalue weighted by atomic mass is 16.6. The first-order chi connectivity index (χ1) is 17.4. The molecular formula is C27H29N3O6. The molecule has 3 fully saturated rings. The van der Waals surface area contributed by atoms with Crippen LogP contribution in [0.25, 0.3) is 0 Å². The van der Waals surface area contributed by atoms with E-state index in [0.717, 1.165) is 11.1 Å². The van der Waals surface area contributed by atoms with Gasteiger partial charge in [0.1, 0.15) is 6.61 Å². The highest BCUT2D eigenvalue weighted by Gasteiger charge is 2.59. The van der Waals surface area contributed by atoms with Crippen LogP contribution in [0.4, 0.5) is 4.79 Å². The van der Waals surface area contributed by atoms with E-state index in [4.69, 9.17) is 4.74 Å². The van der Waals surface area contributed by atoms with E-state index in [1.807, 2.05) is 60.7 Å². The predicted molar refractivity (Wildman–Crippen MR) is 129 cm³/mol. The van der Waals surface area contributed by atoms with Gasteiger partial charge in [0.25, 0.3) is 0 Å². The summed E-state index contributed by atoms with van der Waals surface area (Å²) in [6.45, 7) is 0.264. The minimum absolute atomic E-state index is 0.0640. The van der Waals surface area contributed by atoms with Gasteiger partial charge in [-0.1, -0.05) is 60.7 Å². The van der Waals surface area contributed by atoms with Crippen LogP contribution >= 0.6 is 0 Å². The number of hydrogen-bond acceptors (Lipinski definition) is 7. The van der Waals surface area contributed by atoms with Crippen molar-refractivity contribution in [3.05, 3.63) is 71.8 Å². The number of amides is 3. The van der Waals surface area contributed by atoms with Crippen LogP contribution in [0.1, 0.15) is 30.4 Å². The van der Waals surface area contributed by atoms with Crippen molar-refractivity contribution in [3.63, 3.8) is 0 Å². The minimum Gasteiger partial charge on any atom is -0.443 e. The quantitative estimate of drug-likeness (QED) is 0.435. The highest BCUT2D eigenvalue weighted by Crippen LogP contribution is 2.49. The Kier molecular flexibility index (Phi) is 6.84. The molecule has 0 aromatic heterocycles. The van der Waals surface area contributed by atoms with Crippen LogP contribution in [0.3, 0.4) is 0 Å². The number of nitrogens with zero attached hydrogens (tertiary/aromatic N) is 2. The molecule has 0 unspecified atom stereocenters. The van der Waals surface area contributed by atoms with Crippen molar-refractivity contribution in [2.45, 2.75) is 44.6 Å². The van der Waals surface area contributed by atoms with Gasteiger partial charge in [-0.2, -0.15) is 5.10 Å². The molecule has 9 heteroatoms. The van der Waals surface area contributed by atoms with Gasteiger partial charge < -0.3 is 14.9 Å². The van der Waals surface area contributed by atoms with Gasteiger partial charge in [-0.05, 0) is 24.0 Å². The second-order valence-corrected chi connectivity index (χ2v) is 9.68. The summed E-state index contributed by atoms with van der Waals surface area (Å²) >= 11 is 0. The Morgan fingerprint density at radius 3 is 2.28 bits per heavy atom. The average Bonchev–Trinajstić information content (AvgIpc) is 3.14. The number of carbonyl (C=O) groups is 3. The molecule has 188 valence electrons. The van der Waals surface area contributed by atoms with Gasteiger partial charge >= 0.3 is 6.09 Å². The predicted octanol–water partition coefficient (Wildman–Crippen LogP) is 2.22. The van der Waals surface area contributed by atoms with Crippen LogP contribution in [0.5, 0.6) is 0 Å². The number of hydrogen-bond donors (Lipinski definition) is 3. The number of nitrogens with one attached hydrogen (secondary N) is 1. The molecule has 1 saturated heterocycles. The van der Waals surface area contributed by atoms with Crippen LogP contribution in [0.2, 0.25) is 0 Å². The molecule has 2 aromatic rings. The Hall–Kier alpha value is -3.56. The minimum atomic E-state index is -1.17. The van der Waals surface area contributed by atoms with Crippen molar-refractivity contribution < 1.29 is 29.3 Å². The van der Waals surface area contributed by atoms with Gasteiger partial charge in [-0.25, -0.2) is 10.2 Å². The molecule has 0 radical (unpaired) electrons. The number of fused-ring (bicyclic) bond motifs is 3. The topological polar surface area (TPSA) is 129 Å². The number of carbonyl (C=O) groups excluding carboxylic acids is 3. The molecule has 3 aliphatic rings. The lowest BCUT2D eigenvalue weighted by Crippen LogP contribution is -2.55. The molecule has 9 nitrogen and oxygen atoms in total. The van der Waals surface area contributed by atoms with E-state index in [0.29, 0.717) is 18.6 Å². The van der Waals surface area contributed by atoms with Crippen molar-refractivity contribution in [1.29, 1.82) is 0 Å². The van der Waals surface area contributed by atoms with Crippen LogP contribution < -0.4 is 5.43 Å². The lowest BCUT2D eigenvalue weighted by Gasteiger charge is -2.45. The van der Waals surface area contributed by atoms with Gasteiger partial charge in [0, 0.05) is 24.0 Å². The summed E-state index contributed by atoms with van der Waals surface area (Å²) in [5, 5.41) is 25.7. The molecule has 3 N–H and O–H groups in total. The van der Waals surface area contributed by atoms with Gasteiger partial charge in [-0.3, -0.25) is 14.5 Å². The number of rotatable bonds is 5. The molecule has 1 aliphatic heterocycles. The Labute approximate surface area is 208 Å². The van der Waals surface area contributed by atoms with E-state index in [1.165, 1.54) is 4.90 Å². The normalized spacial score (nSPS) is 30.6. The first-order valence-electron chi connectivity index (χ1n) is 12.2. The van der Waals surface area contributed by atoms with E-state index >= 15 is 0 Å². The van der Waals surface area contributed by atoms with Crippen LogP contribution in [0, 0.1) is 23.7 Å². The number of likely N-dealkylation sites (tertiary alicyclic amines) is 1. The lowest BCUT2D eigenvalue weighted by atomic mass is 9.60. The summed E-state index contributed by atoms with van der Waals surface area (Å²) in [4.78, 5) is 40.1. The third-order valence-electron chi connectivity index (χ3n) is 7.56. The number of aliphatic hydroxyl groups excluding tert-OH is 2. The summed E-state index contributed by atoms with van der Waals surface area (Å²) in [7, 11) is 0. The van der Waals surface area contributed by atoms with Crippen LogP contribution in [-0.4, -0.2) is 50.9 Å². The molecule has 6 atom stereocenters. The molecule has 2 aromatic carbocycles. The monoisotopic (exact) mass is 491 g/mol. The van der Waals surface area contributed by atoms with E-state index in [9.17, 15) is 24.6 Å². The van der Waals surface area contributed by atoms with Crippen molar-refractivity contribution >= 4 is 23.6 Å². The number of ether oxygens (including phenoxy) is 1. The van der Waals surface area contributed by atoms with Crippen molar-refractivity contribution in [2.24, 2.45) is 28.8 Å². The summed E-state index contributed by atoms with van der Waals surface area (Å²) in [6, 6.07) is 18.5. The van der Waals surface area contributed by atoms with E-state index < -0.39 is 36.1 Å². The smallest absolute Gasteiger partial charge is 0.428 e. The largest absolute Gasteiger partial charge is 0.443 e. The molecule has 2 aliphatic carbocycles. The maximum Gasteiger partial charge on any atom is 0.428 e. The fraction of sp³-hybridized carbons (Fsp3) is 0.407. The standard InChI is InChI=1S/C27H29N3O6/c31-21-13-20(28-29-27(35)36-15-17-9-5-2-6-10-17)18-11-12-19-23(22(18)24(21)32)26(34)30(25(19)33)14-16-7-3-1-4-8-16/h1-10,18-19,21-24,31-32H,11-15H2,(H,29,35)/t18-,19-,21-,22+,23-,24-/m1/s1. The van der Waals surface area contributed by atoms with Crippen LogP contribution in [0.15, 0.2) is 65.8 Å². The molecule has 3 amide bonds. The van der Waals surface area contributed by atoms with Crippen molar-refractivity contribution in [2.75, 3.05) is 0 Å². The van der Waals surface area contributed by atoms with Crippen LogP contribution in [-0.2, 0) is 27.5 Å². The van der Waals surface area contributed by atoms with Gasteiger partial charge in [0.2, 0.25) is 11.8 Å². The number of aliphatic hydroxyl groups is 2. The molecule has 36 heavy (non-hydrogen) atoms. The number of hydrazone groups is 1. The zero-order chi connectivity index (χ0) is 25.2. The zero-order valence-electron chi connectivity index (χ0n) is 19.7. The maximum atomic E-state index is 13.4. The molecule has 0 bridgehead atoms. The highest BCUT2D eigenvalue weighted by molar-refractivity contribution is 6.06. The number of imide groups is 1. The van der Waals surface area contributed by atoms with E-state index in [-0.39, 0.29) is 37.3 Å².